The zero-order chi connectivity index (χ0) is 13.7. The lowest BCUT2D eigenvalue weighted by Gasteiger charge is -2.32. The van der Waals surface area contributed by atoms with E-state index in [0.29, 0.717) is 0 Å². The summed E-state index contributed by atoms with van der Waals surface area (Å²) in [6.45, 7) is 12.6. The Bertz CT molecular complexity index is 378. The number of piperidine rings is 1. The highest BCUT2D eigenvalue weighted by molar-refractivity contribution is 5.85. The number of nitrogens with one attached hydrogen (secondary N) is 1. The third kappa shape index (κ3) is 4.76. The van der Waals surface area contributed by atoms with E-state index in [9.17, 15) is 0 Å². The zero-order valence-corrected chi connectivity index (χ0v) is 13.9. The maximum atomic E-state index is 3.48. The smallest absolute Gasteiger partial charge is 0.0238 e. The van der Waals surface area contributed by atoms with Crippen molar-refractivity contribution in [3.05, 3.63) is 34.9 Å². The Morgan fingerprint density at radius 1 is 1.15 bits per heavy atom. The van der Waals surface area contributed by atoms with E-state index in [-0.39, 0.29) is 12.4 Å². The molecule has 0 aromatic heterocycles. The molecule has 0 spiro atoms. The van der Waals surface area contributed by atoms with Crippen LogP contribution in [0.5, 0.6) is 0 Å². The molecule has 0 saturated carbocycles. The van der Waals surface area contributed by atoms with Crippen LogP contribution in [0.2, 0.25) is 0 Å². The molecule has 1 aliphatic heterocycles. The van der Waals surface area contributed by atoms with Crippen LogP contribution in [-0.4, -0.2) is 31.1 Å². The predicted molar refractivity (Wildman–Crippen MR) is 89.7 cm³/mol. The summed E-state index contributed by atoms with van der Waals surface area (Å²) in [5, 5.41) is 3.48. The van der Waals surface area contributed by atoms with Crippen molar-refractivity contribution in [3.63, 3.8) is 0 Å². The molecule has 2 rings (SSSR count). The van der Waals surface area contributed by atoms with Crippen LogP contribution >= 0.6 is 12.4 Å². The quantitative estimate of drug-likeness (QED) is 0.894. The van der Waals surface area contributed by atoms with Gasteiger partial charge in [0, 0.05) is 6.54 Å². The van der Waals surface area contributed by atoms with E-state index in [2.05, 4.69) is 49.2 Å². The molecular weight excluding hydrogens is 268 g/mol. The van der Waals surface area contributed by atoms with Crippen molar-refractivity contribution in [2.45, 2.75) is 40.2 Å². The lowest BCUT2D eigenvalue weighted by molar-refractivity contribution is 0.175. The third-order valence-electron chi connectivity index (χ3n) is 4.42. The highest BCUT2D eigenvalue weighted by atomic mass is 35.5. The second-order valence-electron chi connectivity index (χ2n) is 5.90. The first kappa shape index (κ1) is 17.5. The molecule has 1 aromatic rings. The Balaban J connectivity index is 0.00000200. The summed E-state index contributed by atoms with van der Waals surface area (Å²) in [6, 6.07) is 6.64. The first-order chi connectivity index (χ1) is 9.20. The van der Waals surface area contributed by atoms with Crippen molar-refractivity contribution in [1.82, 2.24) is 10.2 Å². The second-order valence-corrected chi connectivity index (χ2v) is 5.90. The van der Waals surface area contributed by atoms with Gasteiger partial charge >= 0.3 is 0 Å². The molecule has 1 aromatic carbocycles. The molecule has 0 bridgehead atoms. The highest BCUT2D eigenvalue weighted by Gasteiger charge is 2.19. The molecule has 1 saturated heterocycles. The normalized spacial score (nSPS) is 16.9. The molecule has 0 unspecified atom stereocenters. The summed E-state index contributed by atoms with van der Waals surface area (Å²) in [7, 11) is 0. The van der Waals surface area contributed by atoms with E-state index in [1.807, 2.05) is 0 Å². The number of benzene rings is 1. The lowest BCUT2D eigenvalue weighted by Crippen LogP contribution is -2.37. The minimum atomic E-state index is 0. The molecule has 0 aliphatic carbocycles. The first-order valence-corrected chi connectivity index (χ1v) is 7.69. The lowest BCUT2D eigenvalue weighted by atomic mass is 9.95. The van der Waals surface area contributed by atoms with Gasteiger partial charge in [-0.05, 0) is 75.5 Å². The molecule has 0 atom stereocenters. The number of hydrogen-bond acceptors (Lipinski definition) is 2. The number of aryl methyl sites for hydroxylation is 2. The van der Waals surface area contributed by atoms with Crippen molar-refractivity contribution < 1.29 is 0 Å². The summed E-state index contributed by atoms with van der Waals surface area (Å²) >= 11 is 0. The number of nitrogens with zero attached hydrogens (tertiary/aromatic N) is 1. The van der Waals surface area contributed by atoms with Gasteiger partial charge in [0.05, 0.1) is 0 Å². The van der Waals surface area contributed by atoms with Crippen LogP contribution in [0.15, 0.2) is 18.2 Å². The van der Waals surface area contributed by atoms with E-state index in [0.717, 1.165) is 19.0 Å². The summed E-state index contributed by atoms with van der Waals surface area (Å²) in [5.41, 5.74) is 4.41. The van der Waals surface area contributed by atoms with Gasteiger partial charge in [0.25, 0.3) is 0 Å². The van der Waals surface area contributed by atoms with Gasteiger partial charge in [0.2, 0.25) is 0 Å². The van der Waals surface area contributed by atoms with Gasteiger partial charge in [0.1, 0.15) is 0 Å². The number of hydrogen-bond donors (Lipinski definition) is 1. The van der Waals surface area contributed by atoms with Crippen LogP contribution in [-0.2, 0) is 6.54 Å². The average Bonchev–Trinajstić information content (AvgIpc) is 2.42. The summed E-state index contributed by atoms with van der Waals surface area (Å²) in [5.74, 6) is 0.883. The minimum absolute atomic E-state index is 0. The fourth-order valence-corrected chi connectivity index (χ4v) is 3.02. The summed E-state index contributed by atoms with van der Waals surface area (Å²) in [4.78, 5) is 2.62. The Morgan fingerprint density at radius 3 is 2.30 bits per heavy atom. The van der Waals surface area contributed by atoms with Crippen LogP contribution in [0.25, 0.3) is 0 Å². The van der Waals surface area contributed by atoms with Gasteiger partial charge in [-0.2, -0.15) is 0 Å². The van der Waals surface area contributed by atoms with Crippen molar-refractivity contribution in [1.29, 1.82) is 0 Å². The van der Waals surface area contributed by atoms with E-state index >= 15 is 0 Å². The Kier molecular flexibility index (Phi) is 7.57. The maximum absolute atomic E-state index is 3.48. The van der Waals surface area contributed by atoms with Gasteiger partial charge in [-0.3, -0.25) is 4.90 Å². The molecule has 114 valence electrons. The monoisotopic (exact) mass is 296 g/mol. The highest BCUT2D eigenvalue weighted by Crippen LogP contribution is 2.21. The molecule has 2 nitrogen and oxygen atoms in total. The summed E-state index contributed by atoms with van der Waals surface area (Å²) < 4.78 is 0. The Morgan fingerprint density at radius 2 is 1.75 bits per heavy atom. The van der Waals surface area contributed by atoms with Crippen LogP contribution in [0.1, 0.15) is 36.5 Å². The molecule has 1 aliphatic rings. The van der Waals surface area contributed by atoms with Gasteiger partial charge in [-0.25, -0.2) is 0 Å². The van der Waals surface area contributed by atoms with E-state index in [1.165, 1.54) is 49.2 Å². The Hall–Kier alpha value is -0.570. The van der Waals surface area contributed by atoms with Crippen LogP contribution in [0.3, 0.4) is 0 Å². The molecule has 0 radical (unpaired) electrons. The van der Waals surface area contributed by atoms with Gasteiger partial charge < -0.3 is 5.32 Å². The van der Waals surface area contributed by atoms with Gasteiger partial charge in [-0.1, -0.05) is 25.1 Å². The standard InChI is InChI=1S/C17H28N2.ClH/c1-4-18-12-16-8-10-19(11-9-16)13-17-14(2)6-5-7-15(17)3;/h5-7,16,18H,4,8-13H2,1-3H3;1H. The van der Waals surface area contributed by atoms with E-state index in [4.69, 9.17) is 0 Å². The number of rotatable bonds is 5. The zero-order valence-electron chi connectivity index (χ0n) is 13.1. The maximum Gasteiger partial charge on any atom is 0.0238 e. The van der Waals surface area contributed by atoms with Crippen LogP contribution < -0.4 is 5.32 Å². The van der Waals surface area contributed by atoms with Crippen molar-refractivity contribution in [2.24, 2.45) is 5.92 Å². The fourth-order valence-electron chi connectivity index (χ4n) is 3.02. The molecule has 1 fully saturated rings. The average molecular weight is 297 g/mol. The van der Waals surface area contributed by atoms with Gasteiger partial charge in [-0.15, -0.1) is 12.4 Å². The molecule has 0 amide bonds. The molecule has 1 heterocycles. The molecule has 1 N–H and O–H groups in total. The van der Waals surface area contributed by atoms with Crippen LogP contribution in [0, 0.1) is 19.8 Å². The predicted octanol–water partition coefficient (Wildman–Crippen LogP) is 3.55. The topological polar surface area (TPSA) is 15.3 Å². The fraction of sp³-hybridized carbons (Fsp3) is 0.647. The van der Waals surface area contributed by atoms with Crippen molar-refractivity contribution in [2.75, 3.05) is 26.2 Å². The van der Waals surface area contributed by atoms with E-state index in [1.54, 1.807) is 0 Å². The molecule has 20 heavy (non-hydrogen) atoms. The van der Waals surface area contributed by atoms with Gasteiger partial charge in [0.15, 0.2) is 0 Å². The van der Waals surface area contributed by atoms with Crippen molar-refractivity contribution in [3.8, 4) is 0 Å². The SMILES string of the molecule is CCNCC1CCN(Cc2c(C)cccc2C)CC1.Cl. The Labute approximate surface area is 130 Å². The number of likely N-dealkylation sites (tertiary alicyclic amines) is 1. The largest absolute Gasteiger partial charge is 0.317 e. The number of halogens is 1. The van der Waals surface area contributed by atoms with Crippen molar-refractivity contribution >= 4 is 12.4 Å². The molecular formula is C17H29ClN2. The van der Waals surface area contributed by atoms with Crippen LogP contribution in [0.4, 0.5) is 0 Å². The second kappa shape index (κ2) is 8.66. The van der Waals surface area contributed by atoms with E-state index < -0.39 is 0 Å². The summed E-state index contributed by atoms with van der Waals surface area (Å²) in [6.07, 6.45) is 2.69. The third-order valence-corrected chi connectivity index (χ3v) is 4.42. The minimum Gasteiger partial charge on any atom is -0.317 e. The first-order valence-electron chi connectivity index (χ1n) is 7.69. The molecule has 3 heteroatoms.